The molecule has 0 fully saturated rings. The third-order valence-electron chi connectivity index (χ3n) is 2.53. The summed E-state index contributed by atoms with van der Waals surface area (Å²) < 4.78 is 0. The van der Waals surface area contributed by atoms with Crippen LogP contribution in [0.4, 0.5) is 5.82 Å². The summed E-state index contributed by atoms with van der Waals surface area (Å²) >= 11 is 1.84. The van der Waals surface area contributed by atoms with Crippen molar-refractivity contribution in [2.24, 2.45) is 0 Å². The Labute approximate surface area is 99.7 Å². The van der Waals surface area contributed by atoms with Gasteiger partial charge in [-0.1, -0.05) is 31.2 Å². The van der Waals surface area contributed by atoms with Crippen molar-refractivity contribution in [2.75, 3.05) is 18.1 Å². The molecule has 0 bridgehead atoms. The fourth-order valence-corrected chi connectivity index (χ4v) is 1.73. The van der Waals surface area contributed by atoms with Crippen molar-refractivity contribution >= 4 is 28.4 Å². The number of nitrogens with one attached hydrogen (secondary N) is 1. The molecule has 2 rings (SSSR count). The highest BCUT2D eigenvalue weighted by Crippen LogP contribution is 2.19. The minimum absolute atomic E-state index is 0.570. The number of benzene rings is 1. The first-order valence-corrected chi connectivity index (χ1v) is 6.57. The summed E-state index contributed by atoms with van der Waals surface area (Å²) in [6, 6.07) is 8.15. The minimum Gasteiger partial charge on any atom is -0.367 e. The lowest BCUT2D eigenvalue weighted by Gasteiger charge is -2.11. The summed E-state index contributed by atoms with van der Waals surface area (Å²) in [5, 5.41) is 14.3. The molecule has 0 aliphatic carbocycles. The van der Waals surface area contributed by atoms with E-state index < -0.39 is 0 Å². The number of thioether (sulfide) groups is 1. The number of nitrogens with zero attached hydrogens (tertiary/aromatic N) is 2. The van der Waals surface area contributed by atoms with Crippen LogP contribution in [0.5, 0.6) is 0 Å². The van der Waals surface area contributed by atoms with Gasteiger partial charge >= 0.3 is 0 Å². The van der Waals surface area contributed by atoms with E-state index in [1.165, 1.54) is 0 Å². The molecule has 1 N–H and O–H groups in total. The largest absolute Gasteiger partial charge is 0.367 e. The van der Waals surface area contributed by atoms with Crippen molar-refractivity contribution in [3.8, 4) is 0 Å². The number of rotatable bonds is 4. The topological polar surface area (TPSA) is 37.8 Å². The first kappa shape index (κ1) is 11.2. The monoisotopic (exact) mass is 233 g/mol. The second-order valence-electron chi connectivity index (χ2n) is 3.71. The van der Waals surface area contributed by atoms with E-state index in [-0.39, 0.29) is 0 Å². The minimum atomic E-state index is 0.570. The summed E-state index contributed by atoms with van der Waals surface area (Å²) in [5.41, 5.74) is 0. The van der Waals surface area contributed by atoms with Crippen LogP contribution in [-0.2, 0) is 0 Å². The highest BCUT2D eigenvalue weighted by atomic mass is 32.2. The molecule has 84 valence electrons. The van der Waals surface area contributed by atoms with Crippen LogP contribution in [-0.4, -0.2) is 28.2 Å². The molecular weight excluding hydrogens is 218 g/mol. The van der Waals surface area contributed by atoms with Crippen LogP contribution in [0.15, 0.2) is 30.5 Å². The Morgan fingerprint density at radius 2 is 2.19 bits per heavy atom. The lowest BCUT2D eigenvalue weighted by Crippen LogP contribution is -2.14. The molecule has 0 aliphatic rings. The molecule has 0 amide bonds. The third-order valence-corrected chi connectivity index (χ3v) is 3.50. The number of fused-ring (bicyclic) bond motifs is 1. The highest BCUT2D eigenvalue weighted by Gasteiger charge is 2.04. The summed E-state index contributed by atoms with van der Waals surface area (Å²) in [6.07, 6.45) is 3.90. The predicted molar refractivity (Wildman–Crippen MR) is 71.0 cm³/mol. The molecule has 0 saturated carbocycles. The van der Waals surface area contributed by atoms with Crippen molar-refractivity contribution < 1.29 is 0 Å². The average Bonchev–Trinajstić information content (AvgIpc) is 2.35. The summed E-state index contributed by atoms with van der Waals surface area (Å²) in [7, 11) is 0. The van der Waals surface area contributed by atoms with Crippen molar-refractivity contribution in [3.63, 3.8) is 0 Å². The fourth-order valence-electron chi connectivity index (χ4n) is 1.48. The van der Waals surface area contributed by atoms with Crippen LogP contribution in [0.3, 0.4) is 0 Å². The van der Waals surface area contributed by atoms with Gasteiger partial charge in [-0.2, -0.15) is 16.9 Å². The molecule has 1 unspecified atom stereocenters. The average molecular weight is 233 g/mol. The molecule has 1 aromatic carbocycles. The van der Waals surface area contributed by atoms with E-state index in [1.807, 2.05) is 30.0 Å². The van der Waals surface area contributed by atoms with Gasteiger partial charge in [0.1, 0.15) is 0 Å². The van der Waals surface area contributed by atoms with Gasteiger partial charge in [0.05, 0.1) is 6.20 Å². The summed E-state index contributed by atoms with van der Waals surface area (Å²) in [5.74, 6) is 0.874. The Balaban J connectivity index is 2.23. The number of anilines is 1. The quantitative estimate of drug-likeness (QED) is 0.881. The predicted octanol–water partition coefficient (Wildman–Crippen LogP) is 2.79. The Kier molecular flexibility index (Phi) is 3.62. The van der Waals surface area contributed by atoms with Gasteiger partial charge in [0.25, 0.3) is 0 Å². The summed E-state index contributed by atoms with van der Waals surface area (Å²) in [4.78, 5) is 0. The van der Waals surface area contributed by atoms with E-state index in [0.29, 0.717) is 5.25 Å². The zero-order valence-corrected chi connectivity index (χ0v) is 10.3. The first-order valence-electron chi connectivity index (χ1n) is 5.28. The lowest BCUT2D eigenvalue weighted by molar-refractivity contribution is 0.967. The van der Waals surface area contributed by atoms with Crippen molar-refractivity contribution in [2.45, 2.75) is 12.2 Å². The Morgan fingerprint density at radius 1 is 1.38 bits per heavy atom. The Bertz CT molecular complexity index is 467. The fraction of sp³-hybridized carbons (Fsp3) is 0.333. The molecule has 4 heteroatoms. The SMILES string of the molecule is CSC(C)CNc1nncc2ccccc12. The maximum absolute atomic E-state index is 4.14. The molecular formula is C12H15N3S. The maximum atomic E-state index is 4.14. The third kappa shape index (κ3) is 2.44. The van der Waals surface area contributed by atoms with Gasteiger partial charge in [0, 0.05) is 22.6 Å². The zero-order chi connectivity index (χ0) is 11.4. The Hall–Kier alpha value is -1.29. The van der Waals surface area contributed by atoms with E-state index in [0.717, 1.165) is 23.1 Å². The molecule has 2 aromatic rings. The van der Waals surface area contributed by atoms with Crippen LogP contribution in [0.1, 0.15) is 6.92 Å². The zero-order valence-electron chi connectivity index (χ0n) is 9.47. The van der Waals surface area contributed by atoms with E-state index in [1.54, 1.807) is 6.20 Å². The van der Waals surface area contributed by atoms with Crippen molar-refractivity contribution in [1.82, 2.24) is 10.2 Å². The molecule has 0 radical (unpaired) electrons. The second kappa shape index (κ2) is 5.16. The molecule has 16 heavy (non-hydrogen) atoms. The standard InChI is InChI=1S/C12H15N3S/c1-9(16-2)7-13-12-11-6-4-3-5-10(11)8-14-15-12/h3-6,8-9H,7H2,1-2H3,(H,13,15). The van der Waals surface area contributed by atoms with Crippen LogP contribution in [0, 0.1) is 0 Å². The first-order chi connectivity index (χ1) is 7.81. The smallest absolute Gasteiger partial charge is 0.156 e. The van der Waals surface area contributed by atoms with Gasteiger partial charge in [0.15, 0.2) is 5.82 Å². The van der Waals surface area contributed by atoms with E-state index in [2.05, 4.69) is 34.8 Å². The molecule has 0 spiro atoms. The van der Waals surface area contributed by atoms with Gasteiger partial charge in [0.2, 0.25) is 0 Å². The van der Waals surface area contributed by atoms with E-state index in [9.17, 15) is 0 Å². The van der Waals surface area contributed by atoms with E-state index in [4.69, 9.17) is 0 Å². The number of aromatic nitrogens is 2. The second-order valence-corrected chi connectivity index (χ2v) is 4.98. The molecule has 0 aliphatic heterocycles. The van der Waals surface area contributed by atoms with Crippen molar-refractivity contribution in [3.05, 3.63) is 30.5 Å². The van der Waals surface area contributed by atoms with Crippen molar-refractivity contribution in [1.29, 1.82) is 0 Å². The molecule has 1 aromatic heterocycles. The highest BCUT2D eigenvalue weighted by molar-refractivity contribution is 7.99. The summed E-state index contributed by atoms with van der Waals surface area (Å²) in [6.45, 7) is 3.10. The molecule has 0 saturated heterocycles. The molecule has 1 heterocycles. The maximum Gasteiger partial charge on any atom is 0.156 e. The Morgan fingerprint density at radius 3 is 3.00 bits per heavy atom. The molecule has 1 atom stereocenters. The van der Waals surface area contributed by atoms with Gasteiger partial charge in [-0.25, -0.2) is 0 Å². The van der Waals surface area contributed by atoms with Gasteiger partial charge in [-0.15, -0.1) is 5.10 Å². The number of hydrogen-bond acceptors (Lipinski definition) is 4. The van der Waals surface area contributed by atoms with Gasteiger partial charge < -0.3 is 5.32 Å². The number of hydrogen-bond donors (Lipinski definition) is 1. The van der Waals surface area contributed by atoms with Crippen LogP contribution >= 0.6 is 11.8 Å². The van der Waals surface area contributed by atoms with Crippen LogP contribution < -0.4 is 5.32 Å². The lowest BCUT2D eigenvalue weighted by atomic mass is 10.2. The van der Waals surface area contributed by atoms with Crippen LogP contribution in [0.2, 0.25) is 0 Å². The van der Waals surface area contributed by atoms with E-state index >= 15 is 0 Å². The van der Waals surface area contributed by atoms with Gasteiger partial charge in [-0.3, -0.25) is 0 Å². The normalized spacial score (nSPS) is 12.6. The van der Waals surface area contributed by atoms with Gasteiger partial charge in [-0.05, 0) is 6.26 Å². The molecule has 3 nitrogen and oxygen atoms in total. The van der Waals surface area contributed by atoms with Crippen LogP contribution in [0.25, 0.3) is 10.8 Å².